The number of nitrogens with zero attached hydrogens (tertiary/aromatic N) is 3. The lowest BCUT2D eigenvalue weighted by atomic mass is 10.2. The standard InChI is InChI=1S/C15H18N4O3/c1-3-4-9-6-19(15-13(9)14(16)17-8-18-15)12-5-10(20)11(22-12)7-21-2/h6,8,10-12,20H,5,7H2,1-2H3,(H2,16,17,18). The fourth-order valence-electron chi connectivity index (χ4n) is 2.76. The highest BCUT2D eigenvalue weighted by Crippen LogP contribution is 2.33. The van der Waals surface area contributed by atoms with Crippen LogP contribution in [0.1, 0.15) is 25.1 Å². The molecule has 1 saturated heterocycles. The van der Waals surface area contributed by atoms with Gasteiger partial charge in [0.2, 0.25) is 0 Å². The zero-order valence-electron chi connectivity index (χ0n) is 12.5. The van der Waals surface area contributed by atoms with Crippen LogP contribution in [0, 0.1) is 11.8 Å². The van der Waals surface area contributed by atoms with Crippen molar-refractivity contribution in [3.05, 3.63) is 18.1 Å². The third-order valence-electron chi connectivity index (χ3n) is 3.74. The number of aliphatic hydroxyl groups excluding tert-OH is 1. The first-order valence-electron chi connectivity index (χ1n) is 7.02. The van der Waals surface area contributed by atoms with E-state index in [1.165, 1.54) is 6.33 Å². The Balaban J connectivity index is 2.04. The highest BCUT2D eigenvalue weighted by atomic mass is 16.6. The fourth-order valence-corrected chi connectivity index (χ4v) is 2.76. The van der Waals surface area contributed by atoms with Gasteiger partial charge in [0.05, 0.1) is 23.7 Å². The summed E-state index contributed by atoms with van der Waals surface area (Å²) in [6, 6.07) is 0. The minimum Gasteiger partial charge on any atom is -0.390 e. The fraction of sp³-hybridized carbons (Fsp3) is 0.467. The predicted octanol–water partition coefficient (Wildman–Crippen LogP) is 0.680. The number of hydrogen-bond acceptors (Lipinski definition) is 6. The van der Waals surface area contributed by atoms with Crippen LogP contribution in [0.2, 0.25) is 0 Å². The maximum atomic E-state index is 10.1. The third kappa shape index (κ3) is 2.41. The third-order valence-corrected chi connectivity index (χ3v) is 3.74. The molecular weight excluding hydrogens is 284 g/mol. The molecule has 22 heavy (non-hydrogen) atoms. The Morgan fingerprint density at radius 1 is 1.55 bits per heavy atom. The summed E-state index contributed by atoms with van der Waals surface area (Å²) in [4.78, 5) is 8.32. The normalized spacial score (nSPS) is 24.4. The second kappa shape index (κ2) is 5.93. The summed E-state index contributed by atoms with van der Waals surface area (Å²) in [6.45, 7) is 2.10. The van der Waals surface area contributed by atoms with Gasteiger partial charge in [-0.15, -0.1) is 5.92 Å². The molecule has 7 heteroatoms. The molecule has 3 heterocycles. The molecule has 2 aromatic heterocycles. The van der Waals surface area contributed by atoms with Crippen LogP contribution in [-0.4, -0.2) is 45.6 Å². The lowest BCUT2D eigenvalue weighted by Crippen LogP contribution is -2.25. The topological polar surface area (TPSA) is 95.4 Å². The van der Waals surface area contributed by atoms with Crippen LogP contribution >= 0.6 is 0 Å². The second-order valence-electron chi connectivity index (χ2n) is 5.17. The van der Waals surface area contributed by atoms with Gasteiger partial charge in [0.15, 0.2) is 0 Å². The van der Waals surface area contributed by atoms with Gasteiger partial charge in [-0.2, -0.15) is 0 Å². The van der Waals surface area contributed by atoms with Gasteiger partial charge in [-0.25, -0.2) is 9.97 Å². The summed E-state index contributed by atoms with van der Waals surface area (Å²) in [5.41, 5.74) is 7.37. The van der Waals surface area contributed by atoms with Crippen LogP contribution < -0.4 is 5.73 Å². The largest absolute Gasteiger partial charge is 0.390 e. The van der Waals surface area contributed by atoms with Crippen molar-refractivity contribution >= 4 is 16.9 Å². The van der Waals surface area contributed by atoms with Gasteiger partial charge in [-0.3, -0.25) is 0 Å². The zero-order valence-corrected chi connectivity index (χ0v) is 12.5. The second-order valence-corrected chi connectivity index (χ2v) is 5.17. The van der Waals surface area contributed by atoms with Crippen LogP contribution in [-0.2, 0) is 9.47 Å². The van der Waals surface area contributed by atoms with Crippen molar-refractivity contribution in [2.45, 2.75) is 31.8 Å². The Labute approximate surface area is 128 Å². The molecule has 7 nitrogen and oxygen atoms in total. The molecule has 1 fully saturated rings. The average molecular weight is 302 g/mol. The van der Waals surface area contributed by atoms with Crippen LogP contribution in [0.5, 0.6) is 0 Å². The summed E-state index contributed by atoms with van der Waals surface area (Å²) in [6.07, 6.45) is 2.45. The molecule has 116 valence electrons. The van der Waals surface area contributed by atoms with E-state index in [1.807, 2.05) is 10.8 Å². The Bertz CT molecular complexity index is 746. The Hall–Kier alpha value is -2.14. The predicted molar refractivity (Wildman–Crippen MR) is 80.9 cm³/mol. The van der Waals surface area contributed by atoms with Crippen molar-refractivity contribution in [1.29, 1.82) is 0 Å². The molecule has 0 saturated carbocycles. The highest BCUT2D eigenvalue weighted by molar-refractivity contribution is 5.92. The molecule has 3 rings (SSSR count). The van der Waals surface area contributed by atoms with E-state index in [0.29, 0.717) is 29.9 Å². The molecule has 3 unspecified atom stereocenters. The van der Waals surface area contributed by atoms with Crippen LogP contribution in [0.3, 0.4) is 0 Å². The van der Waals surface area contributed by atoms with E-state index in [-0.39, 0.29) is 12.3 Å². The van der Waals surface area contributed by atoms with Gasteiger partial charge in [0.25, 0.3) is 0 Å². The van der Waals surface area contributed by atoms with E-state index in [9.17, 15) is 5.11 Å². The summed E-state index contributed by atoms with van der Waals surface area (Å²) in [5.74, 6) is 6.25. The van der Waals surface area contributed by atoms with Crippen LogP contribution in [0.25, 0.3) is 11.0 Å². The Morgan fingerprint density at radius 2 is 2.36 bits per heavy atom. The summed E-state index contributed by atoms with van der Waals surface area (Å²) in [7, 11) is 1.58. The summed E-state index contributed by atoms with van der Waals surface area (Å²) >= 11 is 0. The molecule has 1 aliphatic heterocycles. The molecule has 3 atom stereocenters. The molecule has 1 aliphatic rings. The number of hydrogen-bond donors (Lipinski definition) is 2. The van der Waals surface area contributed by atoms with E-state index >= 15 is 0 Å². The smallest absolute Gasteiger partial charge is 0.148 e. The lowest BCUT2D eigenvalue weighted by molar-refractivity contribution is -0.0521. The molecule has 2 aromatic rings. The van der Waals surface area contributed by atoms with Gasteiger partial charge in [-0.05, 0) is 6.92 Å². The number of ether oxygens (including phenoxy) is 2. The molecule has 0 amide bonds. The summed E-state index contributed by atoms with van der Waals surface area (Å²) < 4.78 is 12.8. The van der Waals surface area contributed by atoms with Gasteiger partial charge in [0.1, 0.15) is 30.1 Å². The Kier molecular flexibility index (Phi) is 3.98. The van der Waals surface area contributed by atoms with Crippen molar-refractivity contribution in [2.75, 3.05) is 19.5 Å². The molecule has 0 aromatic carbocycles. The zero-order chi connectivity index (χ0) is 15.7. The minimum absolute atomic E-state index is 0.334. The van der Waals surface area contributed by atoms with E-state index in [4.69, 9.17) is 15.2 Å². The SMILES string of the molecule is CC#Cc1cn(C2CC(O)C(COC)O2)c2ncnc(N)c12. The maximum absolute atomic E-state index is 10.1. The monoisotopic (exact) mass is 302 g/mol. The van der Waals surface area contributed by atoms with Gasteiger partial charge in [0, 0.05) is 19.7 Å². The van der Waals surface area contributed by atoms with Crippen molar-refractivity contribution in [1.82, 2.24) is 14.5 Å². The molecule has 3 N–H and O–H groups in total. The van der Waals surface area contributed by atoms with E-state index in [2.05, 4.69) is 21.8 Å². The molecule has 0 spiro atoms. The van der Waals surface area contributed by atoms with Crippen molar-refractivity contribution in [3.8, 4) is 11.8 Å². The van der Waals surface area contributed by atoms with Crippen molar-refractivity contribution in [2.24, 2.45) is 0 Å². The van der Waals surface area contributed by atoms with E-state index in [0.717, 1.165) is 5.56 Å². The van der Waals surface area contributed by atoms with E-state index in [1.54, 1.807) is 14.0 Å². The molecular formula is C15H18N4O3. The number of nitrogens with two attached hydrogens (primary N) is 1. The number of aliphatic hydroxyl groups is 1. The van der Waals surface area contributed by atoms with Gasteiger partial charge in [-0.1, -0.05) is 5.92 Å². The quantitative estimate of drug-likeness (QED) is 0.810. The van der Waals surface area contributed by atoms with Gasteiger partial charge < -0.3 is 24.9 Å². The lowest BCUT2D eigenvalue weighted by Gasteiger charge is -2.15. The number of methoxy groups -OCH3 is 1. The number of anilines is 1. The number of nitrogen functional groups attached to an aromatic ring is 1. The Morgan fingerprint density at radius 3 is 3.09 bits per heavy atom. The number of aromatic nitrogens is 3. The molecule has 0 bridgehead atoms. The summed E-state index contributed by atoms with van der Waals surface area (Å²) in [5, 5.41) is 10.8. The first-order valence-corrected chi connectivity index (χ1v) is 7.02. The van der Waals surface area contributed by atoms with Gasteiger partial charge >= 0.3 is 0 Å². The van der Waals surface area contributed by atoms with E-state index < -0.39 is 6.10 Å². The number of rotatable bonds is 3. The number of fused-ring (bicyclic) bond motifs is 1. The molecule has 0 radical (unpaired) electrons. The van der Waals surface area contributed by atoms with Crippen LogP contribution in [0.4, 0.5) is 5.82 Å². The highest BCUT2D eigenvalue weighted by Gasteiger charge is 2.36. The van der Waals surface area contributed by atoms with Crippen molar-refractivity contribution < 1.29 is 14.6 Å². The molecule has 0 aliphatic carbocycles. The average Bonchev–Trinajstić information content (AvgIpc) is 3.03. The minimum atomic E-state index is -0.581. The first-order chi connectivity index (χ1) is 10.7. The first kappa shape index (κ1) is 14.8. The maximum Gasteiger partial charge on any atom is 0.148 e. The van der Waals surface area contributed by atoms with Crippen molar-refractivity contribution in [3.63, 3.8) is 0 Å². The van der Waals surface area contributed by atoms with Crippen LogP contribution in [0.15, 0.2) is 12.5 Å².